The Hall–Kier alpha value is -1.73. The van der Waals surface area contributed by atoms with Crippen LogP contribution in [0.1, 0.15) is 5.56 Å². The molecule has 114 valence electrons. The van der Waals surface area contributed by atoms with E-state index in [-0.39, 0.29) is 23.8 Å². The molecule has 1 aromatic heterocycles. The van der Waals surface area contributed by atoms with Crippen LogP contribution in [0.25, 0.3) is 0 Å². The van der Waals surface area contributed by atoms with E-state index in [1.54, 1.807) is 18.5 Å². The van der Waals surface area contributed by atoms with Crippen molar-refractivity contribution in [2.45, 2.75) is 18.8 Å². The van der Waals surface area contributed by atoms with Crippen molar-refractivity contribution in [3.8, 4) is 0 Å². The van der Waals surface area contributed by atoms with Gasteiger partial charge in [0.25, 0.3) is 0 Å². The van der Waals surface area contributed by atoms with Gasteiger partial charge in [0, 0.05) is 18.9 Å². The van der Waals surface area contributed by atoms with Crippen LogP contribution in [0.4, 0.5) is 18.9 Å². The topological polar surface area (TPSA) is 50.1 Å². The molecule has 1 heterocycles. The van der Waals surface area contributed by atoms with Gasteiger partial charge in [-0.3, -0.25) is 4.68 Å². The van der Waals surface area contributed by atoms with E-state index in [1.165, 1.54) is 16.8 Å². The molecule has 0 radical (unpaired) electrons. The SMILES string of the molecule is OC(CNc1c(Cl)cccc1C(F)(F)F)Cn1cccn1. The molecule has 1 aromatic carbocycles. The number of halogens is 4. The summed E-state index contributed by atoms with van der Waals surface area (Å²) in [4.78, 5) is 0. The van der Waals surface area contributed by atoms with E-state index >= 15 is 0 Å². The minimum Gasteiger partial charge on any atom is -0.389 e. The van der Waals surface area contributed by atoms with Gasteiger partial charge in [0.15, 0.2) is 0 Å². The van der Waals surface area contributed by atoms with E-state index < -0.39 is 17.8 Å². The van der Waals surface area contributed by atoms with Crippen LogP contribution in [-0.2, 0) is 12.7 Å². The van der Waals surface area contributed by atoms with Gasteiger partial charge in [0.05, 0.1) is 28.9 Å². The highest BCUT2D eigenvalue weighted by atomic mass is 35.5. The molecule has 21 heavy (non-hydrogen) atoms. The molecule has 0 aliphatic heterocycles. The first kappa shape index (κ1) is 15.7. The molecule has 2 rings (SSSR count). The fraction of sp³-hybridized carbons (Fsp3) is 0.308. The van der Waals surface area contributed by atoms with Crippen LogP contribution in [-0.4, -0.2) is 27.5 Å². The minimum absolute atomic E-state index is 0.0453. The molecular formula is C13H13ClF3N3O. The van der Waals surface area contributed by atoms with E-state index in [9.17, 15) is 18.3 Å². The van der Waals surface area contributed by atoms with Gasteiger partial charge in [-0.25, -0.2) is 0 Å². The zero-order chi connectivity index (χ0) is 15.5. The number of hydrogen-bond donors (Lipinski definition) is 2. The number of rotatable bonds is 5. The van der Waals surface area contributed by atoms with E-state index in [2.05, 4.69) is 10.4 Å². The number of aliphatic hydroxyl groups is 1. The summed E-state index contributed by atoms with van der Waals surface area (Å²) in [7, 11) is 0. The van der Waals surface area contributed by atoms with Gasteiger partial charge >= 0.3 is 6.18 Å². The molecule has 1 atom stereocenters. The Morgan fingerprint density at radius 2 is 2.10 bits per heavy atom. The van der Waals surface area contributed by atoms with Crippen molar-refractivity contribution in [3.63, 3.8) is 0 Å². The summed E-state index contributed by atoms with van der Waals surface area (Å²) in [6.07, 6.45) is -2.21. The lowest BCUT2D eigenvalue weighted by Gasteiger charge is -2.18. The Morgan fingerprint density at radius 3 is 2.71 bits per heavy atom. The van der Waals surface area contributed by atoms with Gasteiger partial charge in [0.1, 0.15) is 0 Å². The van der Waals surface area contributed by atoms with Crippen LogP contribution in [0.2, 0.25) is 5.02 Å². The monoisotopic (exact) mass is 319 g/mol. The molecule has 0 aliphatic rings. The van der Waals surface area contributed by atoms with Crippen LogP contribution in [0.3, 0.4) is 0 Å². The first-order valence-electron chi connectivity index (χ1n) is 6.13. The number of para-hydroxylation sites is 1. The highest BCUT2D eigenvalue weighted by molar-refractivity contribution is 6.33. The lowest BCUT2D eigenvalue weighted by atomic mass is 10.1. The summed E-state index contributed by atoms with van der Waals surface area (Å²) < 4.78 is 40.1. The number of alkyl halides is 3. The summed E-state index contributed by atoms with van der Waals surface area (Å²) in [6.45, 7) is 0.0957. The fourth-order valence-corrected chi connectivity index (χ4v) is 2.09. The fourth-order valence-electron chi connectivity index (χ4n) is 1.85. The van der Waals surface area contributed by atoms with Gasteiger partial charge in [-0.15, -0.1) is 0 Å². The van der Waals surface area contributed by atoms with E-state index in [0.717, 1.165) is 6.07 Å². The molecule has 0 saturated carbocycles. The van der Waals surface area contributed by atoms with Crippen LogP contribution >= 0.6 is 11.6 Å². The van der Waals surface area contributed by atoms with Crippen LogP contribution in [0.15, 0.2) is 36.7 Å². The van der Waals surface area contributed by atoms with Crippen molar-refractivity contribution >= 4 is 17.3 Å². The zero-order valence-corrected chi connectivity index (χ0v) is 11.6. The smallest absolute Gasteiger partial charge is 0.389 e. The molecule has 0 spiro atoms. The third-order valence-electron chi connectivity index (χ3n) is 2.79. The van der Waals surface area contributed by atoms with Gasteiger partial charge in [0.2, 0.25) is 0 Å². The van der Waals surface area contributed by atoms with Crippen LogP contribution in [0.5, 0.6) is 0 Å². The van der Waals surface area contributed by atoms with Gasteiger partial charge in [-0.1, -0.05) is 17.7 Å². The standard InChI is InChI=1S/C13H13ClF3N3O/c14-11-4-1-3-10(13(15,16)17)12(11)18-7-9(21)8-20-6-2-5-19-20/h1-6,9,18,21H,7-8H2. The molecule has 2 aromatic rings. The molecule has 0 bridgehead atoms. The Kier molecular flexibility index (Phi) is 4.74. The lowest BCUT2D eigenvalue weighted by Crippen LogP contribution is -2.26. The molecule has 2 N–H and O–H groups in total. The number of nitrogens with zero attached hydrogens (tertiary/aromatic N) is 2. The molecule has 0 amide bonds. The average molecular weight is 320 g/mol. The Labute approximate surface area is 124 Å². The van der Waals surface area contributed by atoms with Crippen LogP contribution < -0.4 is 5.32 Å². The lowest BCUT2D eigenvalue weighted by molar-refractivity contribution is -0.137. The van der Waals surface area contributed by atoms with E-state index in [4.69, 9.17) is 11.6 Å². The average Bonchev–Trinajstić information content (AvgIpc) is 2.88. The molecule has 0 aliphatic carbocycles. The van der Waals surface area contributed by atoms with Crippen molar-refractivity contribution in [2.24, 2.45) is 0 Å². The highest BCUT2D eigenvalue weighted by Crippen LogP contribution is 2.38. The Balaban J connectivity index is 2.06. The normalized spacial score (nSPS) is 13.2. The number of nitrogens with one attached hydrogen (secondary N) is 1. The van der Waals surface area contributed by atoms with Crippen molar-refractivity contribution in [2.75, 3.05) is 11.9 Å². The largest absolute Gasteiger partial charge is 0.418 e. The van der Waals surface area contributed by atoms with Crippen molar-refractivity contribution < 1.29 is 18.3 Å². The predicted molar refractivity (Wildman–Crippen MR) is 73.2 cm³/mol. The second-order valence-electron chi connectivity index (χ2n) is 4.42. The maximum Gasteiger partial charge on any atom is 0.418 e. The number of aromatic nitrogens is 2. The quantitative estimate of drug-likeness (QED) is 0.890. The predicted octanol–water partition coefficient (Wildman–Crippen LogP) is 3.03. The summed E-state index contributed by atoms with van der Waals surface area (Å²) >= 11 is 5.80. The molecule has 0 saturated heterocycles. The first-order valence-corrected chi connectivity index (χ1v) is 6.51. The first-order chi connectivity index (χ1) is 9.88. The van der Waals surface area contributed by atoms with Crippen molar-refractivity contribution in [1.29, 1.82) is 0 Å². The highest BCUT2D eigenvalue weighted by Gasteiger charge is 2.34. The molecule has 8 heteroatoms. The zero-order valence-electron chi connectivity index (χ0n) is 10.8. The summed E-state index contributed by atoms with van der Waals surface area (Å²) in [5, 5.41) is 16.2. The summed E-state index contributed by atoms with van der Waals surface area (Å²) in [5.74, 6) is 0. The van der Waals surface area contributed by atoms with E-state index in [0.29, 0.717) is 0 Å². The number of hydrogen-bond acceptors (Lipinski definition) is 3. The number of aliphatic hydroxyl groups excluding tert-OH is 1. The van der Waals surface area contributed by atoms with Gasteiger partial charge in [-0.05, 0) is 18.2 Å². The molecular weight excluding hydrogens is 307 g/mol. The third kappa shape index (κ3) is 4.12. The maximum absolute atomic E-state index is 12.9. The summed E-state index contributed by atoms with van der Waals surface area (Å²) in [6, 6.07) is 5.22. The molecule has 1 unspecified atom stereocenters. The van der Waals surface area contributed by atoms with Gasteiger partial charge in [-0.2, -0.15) is 18.3 Å². The van der Waals surface area contributed by atoms with Crippen molar-refractivity contribution in [3.05, 3.63) is 47.2 Å². The molecule has 4 nitrogen and oxygen atoms in total. The maximum atomic E-state index is 12.9. The summed E-state index contributed by atoms with van der Waals surface area (Å²) in [5.41, 5.74) is -1.09. The Bertz CT molecular complexity index is 587. The number of anilines is 1. The minimum atomic E-state index is -4.51. The van der Waals surface area contributed by atoms with Crippen LogP contribution in [0, 0.1) is 0 Å². The second kappa shape index (κ2) is 6.36. The second-order valence-corrected chi connectivity index (χ2v) is 4.83. The Morgan fingerprint density at radius 1 is 1.33 bits per heavy atom. The third-order valence-corrected chi connectivity index (χ3v) is 3.11. The van der Waals surface area contributed by atoms with Crippen molar-refractivity contribution in [1.82, 2.24) is 9.78 Å². The van der Waals surface area contributed by atoms with Gasteiger partial charge < -0.3 is 10.4 Å². The molecule has 0 fully saturated rings. The van der Waals surface area contributed by atoms with E-state index in [1.807, 2.05) is 0 Å². The number of benzene rings is 1.